The number of para-hydroxylation sites is 1. The lowest BCUT2D eigenvalue weighted by atomic mass is 9.68. The summed E-state index contributed by atoms with van der Waals surface area (Å²) in [5, 5.41) is 7.82. The van der Waals surface area contributed by atoms with Crippen LogP contribution in [0.3, 0.4) is 0 Å². The molecule has 1 spiro atoms. The lowest BCUT2D eigenvalue weighted by molar-refractivity contribution is -0.138. The van der Waals surface area contributed by atoms with Crippen LogP contribution in [0.25, 0.3) is 0 Å². The predicted molar refractivity (Wildman–Crippen MR) is 126 cm³/mol. The number of H-pyrrole nitrogens is 1. The van der Waals surface area contributed by atoms with E-state index in [1.807, 2.05) is 49.4 Å². The van der Waals surface area contributed by atoms with Gasteiger partial charge in [-0.2, -0.15) is 0 Å². The van der Waals surface area contributed by atoms with E-state index in [0.717, 1.165) is 12.0 Å². The molecule has 0 aliphatic carbocycles. The number of aryl methyl sites for hydroxylation is 1. The molecule has 0 fully saturated rings. The highest BCUT2D eigenvalue weighted by atomic mass is 35.5. The highest BCUT2D eigenvalue weighted by Crippen LogP contribution is 2.56. The summed E-state index contributed by atoms with van der Waals surface area (Å²) in [6.45, 7) is 2.23. The van der Waals surface area contributed by atoms with E-state index in [9.17, 15) is 9.59 Å². The highest BCUT2D eigenvalue weighted by molar-refractivity contribution is 6.31. The third-order valence-electron chi connectivity index (χ3n) is 6.35. The zero-order valence-corrected chi connectivity index (χ0v) is 19.5. The van der Waals surface area contributed by atoms with E-state index >= 15 is 0 Å². The molecule has 0 radical (unpaired) electrons. The smallest absolute Gasteiger partial charge is 0.340 e. The molecule has 0 saturated carbocycles. The standard InChI is InChI=1S/C25H23ClN4O4/c1-3-8-17-19-22(29-28-17)34-21(27)20(23(31)33-2)25(19)15-10-5-7-12-18(15)30(24(25)32)13-14-9-4-6-11-16(14)26/h4-7,9-12H,3,8,13,27H2,1-2H3,(H,28,29)/t25-/m1/s1. The third kappa shape index (κ3) is 2.95. The fourth-order valence-corrected chi connectivity index (χ4v) is 5.16. The Balaban J connectivity index is 1.81. The number of halogens is 1. The van der Waals surface area contributed by atoms with Crippen molar-refractivity contribution in [3.05, 3.63) is 87.4 Å². The van der Waals surface area contributed by atoms with E-state index < -0.39 is 11.4 Å². The highest BCUT2D eigenvalue weighted by Gasteiger charge is 2.62. The van der Waals surface area contributed by atoms with Crippen molar-refractivity contribution < 1.29 is 19.1 Å². The van der Waals surface area contributed by atoms with Gasteiger partial charge in [-0.25, -0.2) is 4.79 Å². The largest absolute Gasteiger partial charge is 0.465 e. The molecular formula is C25H23ClN4O4. The average molecular weight is 479 g/mol. The number of nitrogens with one attached hydrogen (secondary N) is 1. The SMILES string of the molecule is CCCc1[nH]nc2c1[C@@]1(C(=O)N(Cc3ccccc3Cl)c3ccccc31)C(C(=O)OC)=C(N)O2. The van der Waals surface area contributed by atoms with Gasteiger partial charge in [0.25, 0.3) is 0 Å². The molecule has 1 atom stereocenters. The van der Waals surface area contributed by atoms with Gasteiger partial charge in [-0.15, -0.1) is 5.10 Å². The Morgan fingerprint density at radius 1 is 1.24 bits per heavy atom. The van der Waals surface area contributed by atoms with Gasteiger partial charge >= 0.3 is 5.97 Å². The second-order valence-corrected chi connectivity index (χ2v) is 8.62. The van der Waals surface area contributed by atoms with E-state index in [-0.39, 0.29) is 29.8 Å². The van der Waals surface area contributed by atoms with Crippen molar-refractivity contribution in [2.45, 2.75) is 31.7 Å². The maximum Gasteiger partial charge on any atom is 0.340 e. The molecule has 3 N–H and O–H groups in total. The average Bonchev–Trinajstić information content (AvgIpc) is 3.34. The van der Waals surface area contributed by atoms with E-state index in [0.29, 0.717) is 34.0 Å². The molecule has 1 amide bonds. The lowest BCUT2D eigenvalue weighted by Crippen LogP contribution is -2.48. The van der Waals surface area contributed by atoms with Crippen molar-refractivity contribution in [2.24, 2.45) is 5.73 Å². The van der Waals surface area contributed by atoms with Crippen molar-refractivity contribution in [1.29, 1.82) is 0 Å². The number of fused-ring (bicyclic) bond motifs is 4. The first-order chi connectivity index (χ1) is 16.4. The van der Waals surface area contributed by atoms with E-state index in [1.54, 1.807) is 11.0 Å². The van der Waals surface area contributed by atoms with Crippen molar-refractivity contribution in [1.82, 2.24) is 10.2 Å². The summed E-state index contributed by atoms with van der Waals surface area (Å²) in [5.41, 5.74) is 7.86. The number of rotatable bonds is 5. The van der Waals surface area contributed by atoms with Gasteiger partial charge in [0.15, 0.2) is 0 Å². The number of aromatic amines is 1. The first kappa shape index (κ1) is 22.0. The number of hydrogen-bond donors (Lipinski definition) is 2. The Hall–Kier alpha value is -3.78. The van der Waals surface area contributed by atoms with Gasteiger partial charge in [-0.1, -0.05) is 61.3 Å². The van der Waals surface area contributed by atoms with Crippen LogP contribution in [0.5, 0.6) is 5.88 Å². The molecule has 8 nitrogen and oxygen atoms in total. The van der Waals surface area contributed by atoms with Gasteiger partial charge in [0.05, 0.1) is 19.2 Å². The normalized spacial score (nSPS) is 18.7. The van der Waals surface area contributed by atoms with E-state index in [1.165, 1.54) is 7.11 Å². The van der Waals surface area contributed by atoms with Crippen molar-refractivity contribution >= 4 is 29.2 Å². The molecular weight excluding hydrogens is 456 g/mol. The van der Waals surface area contributed by atoms with Crippen LogP contribution in [0.15, 0.2) is 60.0 Å². The third-order valence-corrected chi connectivity index (χ3v) is 6.72. The van der Waals surface area contributed by atoms with E-state index in [2.05, 4.69) is 10.2 Å². The summed E-state index contributed by atoms with van der Waals surface area (Å²) in [7, 11) is 1.25. The second kappa shape index (κ2) is 8.22. The number of nitrogens with two attached hydrogens (primary N) is 1. The van der Waals surface area contributed by atoms with Crippen molar-refractivity contribution in [3.63, 3.8) is 0 Å². The minimum absolute atomic E-state index is 0.0552. The van der Waals surface area contributed by atoms with Crippen LogP contribution in [0.2, 0.25) is 5.02 Å². The molecule has 2 aliphatic rings. The number of carbonyl (C=O) groups excluding carboxylic acids is 2. The fraction of sp³-hybridized carbons (Fsp3) is 0.240. The Kier molecular flexibility index (Phi) is 5.32. The zero-order valence-electron chi connectivity index (χ0n) is 18.7. The summed E-state index contributed by atoms with van der Waals surface area (Å²) < 4.78 is 10.8. The molecule has 0 unspecified atom stereocenters. The van der Waals surface area contributed by atoms with Gasteiger partial charge < -0.3 is 20.1 Å². The second-order valence-electron chi connectivity index (χ2n) is 8.22. The first-order valence-electron chi connectivity index (χ1n) is 10.9. The number of carbonyl (C=O) groups is 2. The summed E-state index contributed by atoms with van der Waals surface area (Å²) in [6, 6.07) is 14.7. The number of amides is 1. The summed E-state index contributed by atoms with van der Waals surface area (Å²) in [6.07, 6.45) is 1.39. The van der Waals surface area contributed by atoms with Gasteiger partial charge in [0, 0.05) is 22.0 Å². The quantitative estimate of drug-likeness (QED) is 0.542. The van der Waals surface area contributed by atoms with Crippen LogP contribution in [0, 0.1) is 0 Å². The molecule has 9 heteroatoms. The van der Waals surface area contributed by atoms with Crippen molar-refractivity contribution in [3.8, 4) is 5.88 Å². The summed E-state index contributed by atoms with van der Waals surface area (Å²) in [4.78, 5) is 29.3. The Morgan fingerprint density at radius 3 is 2.71 bits per heavy atom. The van der Waals surface area contributed by atoms with Gasteiger partial charge in [-0.3, -0.25) is 9.89 Å². The zero-order chi connectivity index (χ0) is 24.0. The molecule has 2 aromatic carbocycles. The van der Waals surface area contributed by atoms with Gasteiger partial charge in [-0.05, 0) is 24.1 Å². The molecule has 5 rings (SSSR count). The number of aromatic nitrogens is 2. The minimum atomic E-state index is -1.57. The van der Waals surface area contributed by atoms with Gasteiger partial charge in [0.2, 0.25) is 17.7 Å². The van der Waals surface area contributed by atoms with Crippen LogP contribution < -0.4 is 15.4 Å². The topological polar surface area (TPSA) is 111 Å². The molecule has 174 valence electrons. The Morgan fingerprint density at radius 2 is 1.97 bits per heavy atom. The van der Waals surface area contributed by atoms with Crippen molar-refractivity contribution in [2.75, 3.05) is 12.0 Å². The Labute approximate surface area is 201 Å². The number of benzene rings is 2. The molecule has 3 aromatic rings. The molecule has 2 aliphatic heterocycles. The van der Waals surface area contributed by atoms with Crippen LogP contribution in [-0.4, -0.2) is 29.2 Å². The lowest BCUT2D eigenvalue weighted by Gasteiger charge is -2.34. The van der Waals surface area contributed by atoms with Crippen LogP contribution in [0.4, 0.5) is 5.69 Å². The van der Waals surface area contributed by atoms with E-state index in [4.69, 9.17) is 26.8 Å². The number of methoxy groups -OCH3 is 1. The molecule has 0 bridgehead atoms. The monoisotopic (exact) mass is 478 g/mol. The van der Waals surface area contributed by atoms with Crippen LogP contribution in [0.1, 0.15) is 35.7 Å². The fourth-order valence-electron chi connectivity index (χ4n) is 4.96. The maximum absolute atomic E-state index is 14.5. The minimum Gasteiger partial charge on any atom is -0.465 e. The number of anilines is 1. The molecule has 3 heterocycles. The van der Waals surface area contributed by atoms with Crippen LogP contribution >= 0.6 is 11.6 Å². The number of hydrogen-bond acceptors (Lipinski definition) is 6. The molecule has 1 aromatic heterocycles. The molecule has 0 saturated heterocycles. The number of nitrogens with zero attached hydrogens (tertiary/aromatic N) is 2. The maximum atomic E-state index is 14.5. The number of ether oxygens (including phenoxy) is 2. The summed E-state index contributed by atoms with van der Waals surface area (Å²) >= 11 is 6.43. The van der Waals surface area contributed by atoms with Crippen LogP contribution in [-0.2, 0) is 32.7 Å². The predicted octanol–water partition coefficient (Wildman–Crippen LogP) is 3.58. The summed E-state index contributed by atoms with van der Waals surface area (Å²) in [5.74, 6) is -1.12. The first-order valence-corrected chi connectivity index (χ1v) is 11.3. The number of esters is 1. The molecule has 34 heavy (non-hydrogen) atoms. The van der Waals surface area contributed by atoms with Gasteiger partial charge in [0.1, 0.15) is 11.0 Å². The Bertz CT molecular complexity index is 1350.